The van der Waals surface area contributed by atoms with E-state index in [4.69, 9.17) is 0 Å². The molecule has 2 aromatic heterocycles. The van der Waals surface area contributed by atoms with Gasteiger partial charge in [0.1, 0.15) is 5.69 Å². The van der Waals surface area contributed by atoms with Crippen LogP contribution in [0.5, 0.6) is 0 Å². The molecule has 2 N–H and O–H groups in total. The lowest BCUT2D eigenvalue weighted by atomic mass is 9.94. The Balaban J connectivity index is 1.75. The molecule has 1 saturated heterocycles. The third-order valence-electron chi connectivity index (χ3n) is 3.70. The van der Waals surface area contributed by atoms with E-state index in [2.05, 4.69) is 20.2 Å². The summed E-state index contributed by atoms with van der Waals surface area (Å²) in [6.07, 6.45) is 5.43. The zero-order chi connectivity index (χ0) is 13.2. The number of hydrogen-bond donors (Lipinski definition) is 2. The standard InChI is InChI=1S/C13H17N5O/c1-9-12(15-8-14-9)13(19)18-6-2-3-10(7-18)11-4-5-16-17-11/h4-5,8,10H,2-3,6-7H2,1H3,(H,14,15)(H,16,17)/t10-/m0/s1. The van der Waals surface area contributed by atoms with Gasteiger partial charge in [-0.3, -0.25) is 9.89 Å². The summed E-state index contributed by atoms with van der Waals surface area (Å²) in [6.45, 7) is 3.40. The number of aryl methyl sites for hydroxylation is 1. The number of carbonyl (C=O) groups excluding carboxylic acids is 1. The molecule has 0 aliphatic carbocycles. The molecule has 1 aliphatic heterocycles. The first-order chi connectivity index (χ1) is 9.25. The van der Waals surface area contributed by atoms with E-state index in [0.29, 0.717) is 11.6 Å². The van der Waals surface area contributed by atoms with E-state index in [1.165, 1.54) is 0 Å². The number of likely N-dealkylation sites (tertiary alicyclic amines) is 1. The number of aromatic nitrogens is 4. The molecule has 1 aliphatic rings. The van der Waals surface area contributed by atoms with E-state index in [0.717, 1.165) is 37.3 Å². The predicted molar refractivity (Wildman–Crippen MR) is 69.8 cm³/mol. The number of nitrogens with zero attached hydrogens (tertiary/aromatic N) is 3. The molecule has 1 amide bonds. The van der Waals surface area contributed by atoms with Crippen molar-refractivity contribution in [1.29, 1.82) is 0 Å². The van der Waals surface area contributed by atoms with Crippen LogP contribution in [-0.4, -0.2) is 44.1 Å². The Morgan fingerprint density at radius 3 is 3.11 bits per heavy atom. The molecule has 2 aromatic rings. The van der Waals surface area contributed by atoms with Crippen LogP contribution in [0.4, 0.5) is 0 Å². The lowest BCUT2D eigenvalue weighted by Gasteiger charge is -2.31. The quantitative estimate of drug-likeness (QED) is 0.857. The van der Waals surface area contributed by atoms with Gasteiger partial charge in [0.05, 0.1) is 6.33 Å². The van der Waals surface area contributed by atoms with Crippen molar-refractivity contribution in [3.05, 3.63) is 35.7 Å². The highest BCUT2D eigenvalue weighted by Crippen LogP contribution is 2.26. The summed E-state index contributed by atoms with van der Waals surface area (Å²) < 4.78 is 0. The monoisotopic (exact) mass is 259 g/mol. The molecular weight excluding hydrogens is 242 g/mol. The van der Waals surface area contributed by atoms with Crippen molar-refractivity contribution in [3.8, 4) is 0 Å². The van der Waals surface area contributed by atoms with E-state index in [-0.39, 0.29) is 5.91 Å². The summed E-state index contributed by atoms with van der Waals surface area (Å²) in [6, 6.07) is 1.98. The largest absolute Gasteiger partial charge is 0.348 e. The molecule has 19 heavy (non-hydrogen) atoms. The Hall–Kier alpha value is -2.11. The molecule has 0 radical (unpaired) electrons. The Kier molecular flexibility index (Phi) is 3.06. The maximum absolute atomic E-state index is 12.4. The highest BCUT2D eigenvalue weighted by Gasteiger charge is 2.27. The third kappa shape index (κ3) is 2.25. The zero-order valence-corrected chi connectivity index (χ0v) is 10.9. The first kappa shape index (κ1) is 12.0. The second-order valence-electron chi connectivity index (χ2n) is 4.98. The van der Waals surface area contributed by atoms with Crippen LogP contribution >= 0.6 is 0 Å². The Labute approximate surface area is 111 Å². The lowest BCUT2D eigenvalue weighted by molar-refractivity contribution is 0.0699. The maximum atomic E-state index is 12.4. The normalized spacial score (nSPS) is 19.6. The molecule has 100 valence electrons. The van der Waals surface area contributed by atoms with Gasteiger partial charge in [0.25, 0.3) is 5.91 Å². The molecule has 0 aromatic carbocycles. The molecule has 0 bridgehead atoms. The van der Waals surface area contributed by atoms with Crippen LogP contribution in [0.1, 0.15) is 40.6 Å². The van der Waals surface area contributed by atoms with E-state index in [9.17, 15) is 4.79 Å². The van der Waals surface area contributed by atoms with Crippen LogP contribution in [-0.2, 0) is 0 Å². The van der Waals surface area contributed by atoms with Crippen LogP contribution in [0, 0.1) is 6.92 Å². The average molecular weight is 259 g/mol. The number of imidazole rings is 1. The number of carbonyl (C=O) groups is 1. The van der Waals surface area contributed by atoms with Gasteiger partial charge in [-0.2, -0.15) is 5.10 Å². The van der Waals surface area contributed by atoms with E-state index in [1.54, 1.807) is 12.5 Å². The fraction of sp³-hybridized carbons (Fsp3) is 0.462. The minimum atomic E-state index is 0.0166. The molecule has 0 saturated carbocycles. The molecule has 3 rings (SSSR count). The van der Waals surface area contributed by atoms with Crippen LogP contribution < -0.4 is 0 Å². The van der Waals surface area contributed by atoms with Gasteiger partial charge in [0, 0.05) is 36.6 Å². The fourth-order valence-corrected chi connectivity index (χ4v) is 2.63. The van der Waals surface area contributed by atoms with Gasteiger partial charge in [-0.1, -0.05) is 0 Å². The molecule has 0 spiro atoms. The van der Waals surface area contributed by atoms with Gasteiger partial charge in [-0.25, -0.2) is 4.98 Å². The summed E-state index contributed by atoms with van der Waals surface area (Å²) in [5.74, 6) is 0.363. The van der Waals surface area contributed by atoms with Gasteiger partial charge in [-0.15, -0.1) is 0 Å². The number of nitrogens with one attached hydrogen (secondary N) is 2. The van der Waals surface area contributed by atoms with Gasteiger partial charge in [0.15, 0.2) is 0 Å². The molecule has 1 fully saturated rings. The maximum Gasteiger partial charge on any atom is 0.274 e. The summed E-state index contributed by atoms with van der Waals surface area (Å²) >= 11 is 0. The first-order valence-corrected chi connectivity index (χ1v) is 6.54. The average Bonchev–Trinajstić information content (AvgIpc) is 3.09. The number of H-pyrrole nitrogens is 2. The van der Waals surface area contributed by atoms with Crippen molar-refractivity contribution >= 4 is 5.91 Å². The number of amides is 1. The molecule has 0 unspecified atom stereocenters. The predicted octanol–water partition coefficient (Wildman–Crippen LogP) is 1.46. The highest BCUT2D eigenvalue weighted by atomic mass is 16.2. The number of hydrogen-bond acceptors (Lipinski definition) is 3. The summed E-state index contributed by atoms with van der Waals surface area (Å²) in [5.41, 5.74) is 2.47. The minimum Gasteiger partial charge on any atom is -0.348 e. The molecule has 3 heterocycles. The molecular formula is C13H17N5O. The fourth-order valence-electron chi connectivity index (χ4n) is 2.63. The summed E-state index contributed by atoms with van der Waals surface area (Å²) in [4.78, 5) is 21.4. The van der Waals surface area contributed by atoms with Crippen molar-refractivity contribution in [2.45, 2.75) is 25.7 Å². The topological polar surface area (TPSA) is 77.7 Å². The number of rotatable bonds is 2. The Morgan fingerprint density at radius 1 is 1.53 bits per heavy atom. The number of piperidine rings is 1. The Bertz CT molecular complexity index is 559. The van der Waals surface area contributed by atoms with Crippen molar-refractivity contribution in [2.24, 2.45) is 0 Å². The lowest BCUT2D eigenvalue weighted by Crippen LogP contribution is -2.39. The smallest absolute Gasteiger partial charge is 0.274 e. The van der Waals surface area contributed by atoms with Crippen LogP contribution in [0.2, 0.25) is 0 Å². The van der Waals surface area contributed by atoms with E-state index < -0.39 is 0 Å². The molecule has 1 atom stereocenters. The third-order valence-corrected chi connectivity index (χ3v) is 3.70. The Morgan fingerprint density at radius 2 is 2.42 bits per heavy atom. The van der Waals surface area contributed by atoms with Crippen molar-refractivity contribution in [3.63, 3.8) is 0 Å². The zero-order valence-electron chi connectivity index (χ0n) is 10.9. The molecule has 6 heteroatoms. The highest BCUT2D eigenvalue weighted by molar-refractivity contribution is 5.93. The van der Waals surface area contributed by atoms with Crippen molar-refractivity contribution in [2.75, 3.05) is 13.1 Å². The summed E-state index contributed by atoms with van der Waals surface area (Å²) in [7, 11) is 0. The van der Waals surface area contributed by atoms with Crippen LogP contribution in [0.25, 0.3) is 0 Å². The SMILES string of the molecule is Cc1[nH]cnc1C(=O)N1CCC[C@H](c2ccn[nH]2)C1. The van der Waals surface area contributed by atoms with Gasteiger partial charge in [-0.05, 0) is 25.8 Å². The van der Waals surface area contributed by atoms with E-state index in [1.807, 2.05) is 17.9 Å². The molecule has 6 nitrogen and oxygen atoms in total. The van der Waals surface area contributed by atoms with Gasteiger partial charge >= 0.3 is 0 Å². The van der Waals surface area contributed by atoms with Crippen molar-refractivity contribution < 1.29 is 4.79 Å². The van der Waals surface area contributed by atoms with Crippen LogP contribution in [0.3, 0.4) is 0 Å². The second-order valence-corrected chi connectivity index (χ2v) is 4.98. The van der Waals surface area contributed by atoms with E-state index >= 15 is 0 Å². The minimum absolute atomic E-state index is 0.0166. The summed E-state index contributed by atoms with van der Waals surface area (Å²) in [5, 5.41) is 6.99. The van der Waals surface area contributed by atoms with Gasteiger partial charge in [0.2, 0.25) is 0 Å². The van der Waals surface area contributed by atoms with Crippen LogP contribution in [0.15, 0.2) is 18.6 Å². The second kappa shape index (κ2) is 4.87. The van der Waals surface area contributed by atoms with Gasteiger partial charge < -0.3 is 9.88 Å². The first-order valence-electron chi connectivity index (χ1n) is 6.54. The number of aromatic amines is 2. The van der Waals surface area contributed by atoms with Crippen molar-refractivity contribution in [1.82, 2.24) is 25.1 Å².